The molecule has 0 atom stereocenters. The molecule has 1 amide bonds. The van der Waals surface area contributed by atoms with Crippen LogP contribution >= 0.6 is 15.9 Å². The molecule has 0 saturated carbocycles. The number of sulfonamides is 1. The number of halogens is 1. The maximum atomic E-state index is 12.3. The largest absolute Gasteiger partial charge is 0.294 e. The quantitative estimate of drug-likeness (QED) is 0.736. The van der Waals surface area contributed by atoms with Crippen LogP contribution in [0.15, 0.2) is 44.6 Å². The summed E-state index contributed by atoms with van der Waals surface area (Å²) in [6.45, 7) is -0.447. The summed E-state index contributed by atoms with van der Waals surface area (Å²) in [5.41, 5.74) is -0.536. The fourth-order valence-corrected chi connectivity index (χ4v) is 3.01. The normalized spacial score (nSPS) is 11.4. The average molecular weight is 402 g/mol. The van der Waals surface area contributed by atoms with E-state index >= 15 is 0 Å². The highest BCUT2D eigenvalue weighted by atomic mass is 79.9. The van der Waals surface area contributed by atoms with E-state index in [-0.39, 0.29) is 10.8 Å². The van der Waals surface area contributed by atoms with Gasteiger partial charge in [-0.3, -0.25) is 19.9 Å². The SMILES string of the molecule is CN(CC(=O)Nc1nncc(=O)[nH]1)S(=O)(=O)c1ccc(Br)cc1. The number of rotatable bonds is 5. The average Bonchev–Trinajstić information content (AvgIpc) is 2.47. The summed E-state index contributed by atoms with van der Waals surface area (Å²) in [6, 6.07) is 6.03. The van der Waals surface area contributed by atoms with Crippen molar-refractivity contribution in [1.82, 2.24) is 19.5 Å². The first-order chi connectivity index (χ1) is 10.8. The topological polar surface area (TPSA) is 125 Å². The molecule has 1 aromatic carbocycles. The van der Waals surface area contributed by atoms with E-state index in [4.69, 9.17) is 0 Å². The Morgan fingerprint density at radius 1 is 1.35 bits per heavy atom. The fourth-order valence-electron chi connectivity index (χ4n) is 1.61. The number of carbonyl (C=O) groups excluding carboxylic acids is 1. The first-order valence-corrected chi connectivity index (χ1v) is 8.46. The molecule has 0 spiro atoms. The summed E-state index contributed by atoms with van der Waals surface area (Å²) < 4.78 is 26.3. The van der Waals surface area contributed by atoms with Crippen LogP contribution < -0.4 is 10.9 Å². The lowest BCUT2D eigenvalue weighted by Crippen LogP contribution is -2.35. The summed E-state index contributed by atoms with van der Waals surface area (Å²) in [5, 5.41) is 9.15. The van der Waals surface area contributed by atoms with Crippen LogP contribution in [0.2, 0.25) is 0 Å². The highest BCUT2D eigenvalue weighted by Gasteiger charge is 2.23. The maximum Gasteiger partial charge on any atom is 0.271 e. The van der Waals surface area contributed by atoms with Gasteiger partial charge in [0.05, 0.1) is 11.4 Å². The summed E-state index contributed by atoms with van der Waals surface area (Å²) in [5.74, 6) is -0.818. The van der Waals surface area contributed by atoms with E-state index in [1.165, 1.54) is 19.2 Å². The summed E-state index contributed by atoms with van der Waals surface area (Å²) >= 11 is 3.22. The number of nitrogens with zero attached hydrogens (tertiary/aromatic N) is 3. The molecular weight excluding hydrogens is 390 g/mol. The Labute approximate surface area is 139 Å². The van der Waals surface area contributed by atoms with Crippen LogP contribution in [0.3, 0.4) is 0 Å². The molecule has 0 radical (unpaired) electrons. The maximum absolute atomic E-state index is 12.3. The highest BCUT2D eigenvalue weighted by Crippen LogP contribution is 2.17. The van der Waals surface area contributed by atoms with Crippen molar-refractivity contribution >= 4 is 37.8 Å². The Kier molecular flexibility index (Phi) is 5.23. The van der Waals surface area contributed by atoms with Crippen molar-refractivity contribution in [2.24, 2.45) is 0 Å². The molecule has 11 heteroatoms. The van der Waals surface area contributed by atoms with Crippen LogP contribution in [0.4, 0.5) is 5.95 Å². The van der Waals surface area contributed by atoms with Gasteiger partial charge in [0, 0.05) is 11.5 Å². The molecular formula is C12H12BrN5O4S. The van der Waals surface area contributed by atoms with E-state index < -0.39 is 28.0 Å². The molecule has 1 heterocycles. The zero-order valence-electron chi connectivity index (χ0n) is 11.9. The van der Waals surface area contributed by atoms with Gasteiger partial charge in [-0.1, -0.05) is 15.9 Å². The van der Waals surface area contributed by atoms with E-state index in [2.05, 4.69) is 36.4 Å². The van der Waals surface area contributed by atoms with Gasteiger partial charge in [-0.15, -0.1) is 10.2 Å². The highest BCUT2D eigenvalue weighted by molar-refractivity contribution is 9.10. The molecule has 122 valence electrons. The number of aromatic amines is 1. The van der Waals surface area contributed by atoms with Gasteiger partial charge in [-0.2, -0.15) is 4.31 Å². The minimum absolute atomic E-state index is 0.0592. The van der Waals surface area contributed by atoms with Crippen molar-refractivity contribution in [1.29, 1.82) is 0 Å². The van der Waals surface area contributed by atoms with Gasteiger partial charge in [-0.25, -0.2) is 8.42 Å². The number of nitrogens with one attached hydrogen (secondary N) is 2. The van der Waals surface area contributed by atoms with Crippen LogP contribution in [-0.2, 0) is 14.8 Å². The van der Waals surface area contributed by atoms with Crippen molar-refractivity contribution in [2.45, 2.75) is 4.90 Å². The molecule has 2 rings (SSSR count). The summed E-state index contributed by atoms with van der Waals surface area (Å²) in [4.78, 5) is 25.2. The van der Waals surface area contributed by atoms with Crippen molar-refractivity contribution in [2.75, 3.05) is 18.9 Å². The molecule has 9 nitrogen and oxygen atoms in total. The number of hydrogen-bond acceptors (Lipinski definition) is 6. The lowest BCUT2D eigenvalue weighted by molar-refractivity contribution is -0.116. The summed E-state index contributed by atoms with van der Waals surface area (Å²) in [7, 11) is -2.53. The predicted molar refractivity (Wildman–Crippen MR) is 85.2 cm³/mol. The molecule has 2 N–H and O–H groups in total. The van der Waals surface area contributed by atoms with E-state index in [1.807, 2.05) is 0 Å². The monoisotopic (exact) mass is 401 g/mol. The molecule has 0 aliphatic carbocycles. The van der Waals surface area contributed by atoms with Crippen LogP contribution in [-0.4, -0.2) is 47.4 Å². The Morgan fingerprint density at radius 3 is 2.61 bits per heavy atom. The van der Waals surface area contributed by atoms with Crippen LogP contribution in [0, 0.1) is 0 Å². The molecule has 0 unspecified atom stereocenters. The fraction of sp³-hybridized carbons (Fsp3) is 0.167. The molecule has 0 bridgehead atoms. The van der Waals surface area contributed by atoms with E-state index in [9.17, 15) is 18.0 Å². The summed E-state index contributed by atoms with van der Waals surface area (Å²) in [6.07, 6.45) is 0.944. The second-order valence-corrected chi connectivity index (χ2v) is 7.41. The molecule has 0 fully saturated rings. The molecule has 0 saturated heterocycles. The molecule has 23 heavy (non-hydrogen) atoms. The van der Waals surface area contributed by atoms with Gasteiger partial charge in [0.1, 0.15) is 6.20 Å². The number of benzene rings is 1. The third-order valence-electron chi connectivity index (χ3n) is 2.72. The van der Waals surface area contributed by atoms with Gasteiger partial charge in [-0.05, 0) is 24.3 Å². The third kappa shape index (κ3) is 4.43. The predicted octanol–water partition coefficient (Wildman–Crippen LogP) is 0.187. The van der Waals surface area contributed by atoms with Gasteiger partial charge >= 0.3 is 0 Å². The number of carbonyl (C=O) groups is 1. The number of H-pyrrole nitrogens is 1. The van der Waals surface area contributed by atoms with Gasteiger partial charge in [0.15, 0.2) is 0 Å². The van der Waals surface area contributed by atoms with Crippen molar-refractivity contribution in [3.8, 4) is 0 Å². The van der Waals surface area contributed by atoms with Crippen molar-refractivity contribution in [3.63, 3.8) is 0 Å². The van der Waals surface area contributed by atoms with Crippen LogP contribution in [0.5, 0.6) is 0 Å². The first kappa shape index (κ1) is 17.2. The van der Waals surface area contributed by atoms with E-state index in [0.29, 0.717) is 0 Å². The number of hydrogen-bond donors (Lipinski definition) is 2. The Balaban J connectivity index is 2.08. The lowest BCUT2D eigenvalue weighted by Gasteiger charge is -2.16. The minimum atomic E-state index is -3.81. The van der Waals surface area contributed by atoms with Crippen molar-refractivity contribution < 1.29 is 13.2 Å². The van der Waals surface area contributed by atoms with E-state index in [1.54, 1.807) is 12.1 Å². The third-order valence-corrected chi connectivity index (χ3v) is 5.07. The standard InChI is InChI=1S/C12H12BrN5O4S/c1-18(23(21,22)9-4-2-8(13)3-5-9)7-11(20)16-12-15-10(19)6-14-17-12/h2-6H,7H2,1H3,(H2,15,16,17,19,20). The number of likely N-dealkylation sites (N-methyl/N-ethyl adjacent to an activating group) is 1. The molecule has 0 aliphatic heterocycles. The Bertz CT molecular complexity index is 866. The van der Waals surface area contributed by atoms with E-state index in [0.717, 1.165) is 15.0 Å². The van der Waals surface area contributed by atoms with Gasteiger partial charge in [0.2, 0.25) is 21.9 Å². The number of anilines is 1. The second kappa shape index (κ2) is 6.98. The van der Waals surface area contributed by atoms with Gasteiger partial charge < -0.3 is 0 Å². The molecule has 1 aromatic heterocycles. The first-order valence-electron chi connectivity index (χ1n) is 6.23. The zero-order valence-corrected chi connectivity index (χ0v) is 14.3. The molecule has 2 aromatic rings. The van der Waals surface area contributed by atoms with Gasteiger partial charge in [0.25, 0.3) is 5.56 Å². The Hall–Kier alpha value is -2.11. The zero-order chi connectivity index (χ0) is 17.0. The smallest absolute Gasteiger partial charge is 0.271 e. The number of amides is 1. The second-order valence-electron chi connectivity index (χ2n) is 4.45. The lowest BCUT2D eigenvalue weighted by atomic mass is 10.4. The molecule has 0 aliphatic rings. The minimum Gasteiger partial charge on any atom is -0.294 e. The number of aromatic nitrogens is 3. The van der Waals surface area contributed by atoms with Crippen molar-refractivity contribution in [3.05, 3.63) is 45.3 Å². The van der Waals surface area contributed by atoms with Crippen LogP contribution in [0.25, 0.3) is 0 Å². The van der Waals surface area contributed by atoms with Crippen LogP contribution in [0.1, 0.15) is 0 Å². The Morgan fingerprint density at radius 2 is 2.00 bits per heavy atom.